The lowest BCUT2D eigenvalue weighted by Gasteiger charge is -2.38. The van der Waals surface area contributed by atoms with Gasteiger partial charge in [0.1, 0.15) is 0 Å². The van der Waals surface area contributed by atoms with Crippen molar-refractivity contribution >= 4 is 5.97 Å². The molecule has 1 aromatic heterocycles. The maximum Gasteiger partial charge on any atom is 0.358 e. The van der Waals surface area contributed by atoms with Crippen LogP contribution in [0.4, 0.5) is 0 Å². The van der Waals surface area contributed by atoms with Crippen molar-refractivity contribution in [3.8, 4) is 0 Å². The molecule has 1 saturated heterocycles. The third-order valence-electron chi connectivity index (χ3n) is 4.66. The molecule has 1 aliphatic heterocycles. The Balaban J connectivity index is 1.87. The SMILES string of the molecule is CCc1c(C(=O)O)nnn1C1CCOC2(CCCC2)C1. The predicted molar refractivity (Wildman–Crippen MR) is 71.8 cm³/mol. The van der Waals surface area contributed by atoms with E-state index in [4.69, 9.17) is 4.74 Å². The van der Waals surface area contributed by atoms with Gasteiger partial charge in [-0.05, 0) is 32.1 Å². The van der Waals surface area contributed by atoms with Gasteiger partial charge in [-0.1, -0.05) is 25.0 Å². The second kappa shape index (κ2) is 5.16. The summed E-state index contributed by atoms with van der Waals surface area (Å²) in [6, 6.07) is 0.220. The van der Waals surface area contributed by atoms with E-state index in [1.807, 2.05) is 11.6 Å². The monoisotopic (exact) mass is 279 g/mol. The molecule has 0 radical (unpaired) electrons. The summed E-state index contributed by atoms with van der Waals surface area (Å²) in [6.45, 7) is 2.68. The first-order valence-corrected chi connectivity index (χ1v) is 7.46. The Labute approximate surface area is 118 Å². The van der Waals surface area contributed by atoms with Crippen LogP contribution in [0.2, 0.25) is 0 Å². The summed E-state index contributed by atoms with van der Waals surface area (Å²) >= 11 is 0. The lowest BCUT2D eigenvalue weighted by Crippen LogP contribution is -2.38. The van der Waals surface area contributed by atoms with Gasteiger partial charge in [-0.25, -0.2) is 9.48 Å². The Bertz CT molecular complexity index is 506. The number of aromatic carboxylic acids is 1. The molecule has 0 bridgehead atoms. The normalized spacial score (nSPS) is 25.1. The Kier molecular flexibility index (Phi) is 3.50. The van der Waals surface area contributed by atoms with Crippen LogP contribution in [-0.2, 0) is 11.2 Å². The minimum absolute atomic E-state index is 0.00324. The van der Waals surface area contributed by atoms with Gasteiger partial charge in [0.15, 0.2) is 5.69 Å². The van der Waals surface area contributed by atoms with Gasteiger partial charge < -0.3 is 9.84 Å². The van der Waals surface area contributed by atoms with E-state index in [-0.39, 0.29) is 17.3 Å². The smallest absolute Gasteiger partial charge is 0.358 e. The lowest BCUT2D eigenvalue weighted by molar-refractivity contribution is -0.0914. The number of carbonyl (C=O) groups is 1. The second-order valence-corrected chi connectivity index (χ2v) is 5.87. The highest BCUT2D eigenvalue weighted by atomic mass is 16.5. The molecule has 2 heterocycles. The zero-order valence-electron chi connectivity index (χ0n) is 11.8. The highest BCUT2D eigenvalue weighted by Crippen LogP contribution is 2.43. The summed E-state index contributed by atoms with van der Waals surface area (Å²) in [5.74, 6) is -0.990. The molecule has 6 heteroatoms. The van der Waals surface area contributed by atoms with Gasteiger partial charge in [-0.15, -0.1) is 5.10 Å². The molecule has 1 aromatic rings. The fraction of sp³-hybridized carbons (Fsp3) is 0.786. The van der Waals surface area contributed by atoms with Crippen molar-refractivity contribution in [3.63, 3.8) is 0 Å². The first-order valence-electron chi connectivity index (χ1n) is 7.46. The zero-order valence-corrected chi connectivity index (χ0v) is 11.8. The summed E-state index contributed by atoms with van der Waals surface area (Å²) in [5, 5.41) is 17.1. The number of ether oxygens (including phenoxy) is 1. The number of nitrogens with zero attached hydrogens (tertiary/aromatic N) is 3. The maximum atomic E-state index is 11.2. The minimum atomic E-state index is -0.990. The highest BCUT2D eigenvalue weighted by Gasteiger charge is 2.41. The average molecular weight is 279 g/mol. The summed E-state index contributed by atoms with van der Waals surface area (Å²) in [4.78, 5) is 11.2. The molecule has 3 rings (SSSR count). The Morgan fingerprint density at radius 1 is 1.50 bits per heavy atom. The number of aromatic nitrogens is 3. The molecule has 1 N–H and O–H groups in total. The van der Waals surface area contributed by atoms with Crippen molar-refractivity contribution in [1.29, 1.82) is 0 Å². The van der Waals surface area contributed by atoms with Crippen molar-refractivity contribution in [3.05, 3.63) is 11.4 Å². The van der Waals surface area contributed by atoms with Crippen molar-refractivity contribution in [2.75, 3.05) is 6.61 Å². The molecule has 2 fully saturated rings. The van der Waals surface area contributed by atoms with Gasteiger partial charge in [0.25, 0.3) is 0 Å². The molecule has 0 aromatic carbocycles. The molecule has 1 spiro atoms. The Morgan fingerprint density at radius 3 is 2.90 bits per heavy atom. The van der Waals surface area contributed by atoms with E-state index >= 15 is 0 Å². The molecule has 20 heavy (non-hydrogen) atoms. The van der Waals surface area contributed by atoms with Gasteiger partial charge in [0.05, 0.1) is 17.3 Å². The molecule has 0 amide bonds. The lowest BCUT2D eigenvalue weighted by atomic mass is 9.89. The van der Waals surface area contributed by atoms with Gasteiger partial charge in [-0.3, -0.25) is 0 Å². The van der Waals surface area contributed by atoms with Gasteiger partial charge in [0, 0.05) is 6.61 Å². The van der Waals surface area contributed by atoms with Crippen molar-refractivity contribution in [2.45, 2.75) is 63.5 Å². The van der Waals surface area contributed by atoms with Gasteiger partial charge >= 0.3 is 5.97 Å². The fourth-order valence-electron chi connectivity index (χ4n) is 3.68. The van der Waals surface area contributed by atoms with Crippen molar-refractivity contribution in [1.82, 2.24) is 15.0 Å². The summed E-state index contributed by atoms with van der Waals surface area (Å²) in [6.07, 6.45) is 7.14. The molecule has 1 saturated carbocycles. The molecule has 6 nitrogen and oxygen atoms in total. The molecular formula is C14H21N3O3. The quantitative estimate of drug-likeness (QED) is 0.917. The topological polar surface area (TPSA) is 77.2 Å². The summed E-state index contributed by atoms with van der Waals surface area (Å²) in [7, 11) is 0. The largest absolute Gasteiger partial charge is 0.476 e. The van der Waals surface area contributed by atoms with E-state index < -0.39 is 5.97 Å². The van der Waals surface area contributed by atoms with E-state index in [2.05, 4.69) is 10.3 Å². The number of carboxylic acid groups (broad SMARTS) is 1. The highest BCUT2D eigenvalue weighted by molar-refractivity contribution is 5.86. The van der Waals surface area contributed by atoms with Crippen LogP contribution < -0.4 is 0 Å². The second-order valence-electron chi connectivity index (χ2n) is 5.87. The first kappa shape index (κ1) is 13.5. The van der Waals surface area contributed by atoms with Gasteiger partial charge in [0.2, 0.25) is 0 Å². The predicted octanol–water partition coefficient (Wildman–Crippen LogP) is 2.20. The Hall–Kier alpha value is -1.43. The number of carboxylic acids is 1. The third-order valence-corrected chi connectivity index (χ3v) is 4.66. The molecule has 110 valence electrons. The van der Waals surface area contributed by atoms with Crippen LogP contribution in [0.3, 0.4) is 0 Å². The van der Waals surface area contributed by atoms with E-state index in [0.29, 0.717) is 6.42 Å². The third kappa shape index (κ3) is 2.22. The van der Waals surface area contributed by atoms with Crippen LogP contribution in [0.5, 0.6) is 0 Å². The fourth-order valence-corrected chi connectivity index (χ4v) is 3.68. The van der Waals surface area contributed by atoms with Crippen LogP contribution in [-0.4, -0.2) is 38.3 Å². The molecule has 1 aliphatic carbocycles. The van der Waals surface area contributed by atoms with E-state index in [1.165, 1.54) is 12.8 Å². The summed E-state index contributed by atoms with van der Waals surface area (Å²) in [5.41, 5.74) is 0.834. The molecule has 1 unspecified atom stereocenters. The van der Waals surface area contributed by atoms with Crippen LogP contribution in [0.1, 0.15) is 67.7 Å². The van der Waals surface area contributed by atoms with Crippen LogP contribution in [0, 0.1) is 0 Å². The first-order chi connectivity index (χ1) is 9.65. The Morgan fingerprint density at radius 2 is 2.25 bits per heavy atom. The van der Waals surface area contributed by atoms with Crippen molar-refractivity contribution in [2.24, 2.45) is 0 Å². The average Bonchev–Trinajstić information content (AvgIpc) is 3.05. The minimum Gasteiger partial charge on any atom is -0.476 e. The van der Waals surface area contributed by atoms with E-state index in [0.717, 1.165) is 38.0 Å². The van der Waals surface area contributed by atoms with Crippen LogP contribution in [0.15, 0.2) is 0 Å². The van der Waals surface area contributed by atoms with Crippen LogP contribution >= 0.6 is 0 Å². The molecular weight excluding hydrogens is 258 g/mol. The van der Waals surface area contributed by atoms with Crippen LogP contribution in [0.25, 0.3) is 0 Å². The number of rotatable bonds is 3. The number of hydrogen-bond acceptors (Lipinski definition) is 4. The standard InChI is InChI=1S/C14H21N3O3/c1-2-11-12(13(18)19)15-16-17(11)10-5-8-20-14(9-10)6-3-4-7-14/h10H,2-9H2,1H3,(H,18,19). The number of hydrogen-bond donors (Lipinski definition) is 1. The molecule has 2 aliphatic rings. The summed E-state index contributed by atoms with van der Waals surface area (Å²) < 4.78 is 7.87. The van der Waals surface area contributed by atoms with E-state index in [1.54, 1.807) is 0 Å². The maximum absolute atomic E-state index is 11.2. The van der Waals surface area contributed by atoms with Gasteiger partial charge in [-0.2, -0.15) is 0 Å². The zero-order chi connectivity index (χ0) is 14.2. The molecule has 1 atom stereocenters. The van der Waals surface area contributed by atoms with Crippen molar-refractivity contribution < 1.29 is 14.6 Å². The van der Waals surface area contributed by atoms with E-state index in [9.17, 15) is 9.90 Å².